The highest BCUT2D eigenvalue weighted by molar-refractivity contribution is 6.13. The Labute approximate surface area is 202 Å². The fourth-order valence-electron chi connectivity index (χ4n) is 3.59. The van der Waals surface area contributed by atoms with Crippen molar-refractivity contribution in [3.8, 4) is 0 Å². The van der Waals surface area contributed by atoms with Gasteiger partial charge < -0.3 is 24.0 Å². The smallest absolute Gasteiger partial charge is 0.253 e. The van der Waals surface area contributed by atoms with E-state index in [1.54, 1.807) is 0 Å². The van der Waals surface area contributed by atoms with Gasteiger partial charge in [-0.15, -0.1) is 0 Å². The highest BCUT2D eigenvalue weighted by atomic mass is 127. The van der Waals surface area contributed by atoms with E-state index in [1.807, 2.05) is 58.2 Å². The molecule has 2 aromatic heterocycles. The van der Waals surface area contributed by atoms with E-state index in [4.69, 9.17) is 0 Å². The van der Waals surface area contributed by atoms with Gasteiger partial charge in [0.05, 0.1) is 19.5 Å². The van der Waals surface area contributed by atoms with Crippen LogP contribution in [0.1, 0.15) is 17.5 Å². The molecule has 0 bridgehead atoms. The predicted molar refractivity (Wildman–Crippen MR) is 107 cm³/mol. The summed E-state index contributed by atoms with van der Waals surface area (Å²) in [5.41, 5.74) is 1.77. The molecule has 2 aromatic rings. The molecule has 0 radical (unpaired) electrons. The molecular formula is C23H22IN4O4+. The first-order valence-corrected chi connectivity index (χ1v) is 10.0. The quantitative estimate of drug-likeness (QED) is 0.204. The highest BCUT2D eigenvalue weighted by Crippen LogP contribution is 2.10. The van der Waals surface area contributed by atoms with Crippen LogP contribution in [0, 0.1) is 0 Å². The van der Waals surface area contributed by atoms with Gasteiger partial charge in [0.2, 0.25) is 0 Å². The minimum absolute atomic E-state index is 0. The molecule has 9 heteroatoms. The van der Waals surface area contributed by atoms with E-state index in [9.17, 15) is 19.2 Å². The van der Waals surface area contributed by atoms with E-state index < -0.39 is 0 Å². The van der Waals surface area contributed by atoms with Gasteiger partial charge >= 0.3 is 0 Å². The SMILES string of the molecule is O=C1C=CC(=O)N1Cc1ccc[n+](CCC[n+]2cccc(CN3C(=O)C=CC3=O)c2)c1.[I-]. The molecule has 0 saturated carbocycles. The fourth-order valence-corrected chi connectivity index (χ4v) is 3.59. The van der Waals surface area contributed by atoms with Crippen LogP contribution in [0.25, 0.3) is 0 Å². The van der Waals surface area contributed by atoms with Crippen LogP contribution in [0.5, 0.6) is 0 Å². The van der Waals surface area contributed by atoms with Crippen molar-refractivity contribution in [3.05, 3.63) is 84.5 Å². The molecule has 2 aliphatic heterocycles. The van der Waals surface area contributed by atoms with Gasteiger partial charge in [-0.05, 0) is 12.1 Å². The molecule has 0 aliphatic carbocycles. The second-order valence-corrected chi connectivity index (χ2v) is 7.45. The summed E-state index contributed by atoms with van der Waals surface area (Å²) in [4.78, 5) is 49.4. The second kappa shape index (κ2) is 10.4. The lowest BCUT2D eigenvalue weighted by Crippen LogP contribution is -3.00. The monoisotopic (exact) mass is 545 g/mol. The number of rotatable bonds is 8. The van der Waals surface area contributed by atoms with Crippen LogP contribution in [-0.2, 0) is 45.4 Å². The zero-order valence-electron chi connectivity index (χ0n) is 17.3. The van der Waals surface area contributed by atoms with Gasteiger partial charge in [0.1, 0.15) is 0 Å². The summed E-state index contributed by atoms with van der Waals surface area (Å²) < 4.78 is 4.07. The molecular weight excluding hydrogens is 523 g/mol. The summed E-state index contributed by atoms with van der Waals surface area (Å²) in [7, 11) is 0. The van der Waals surface area contributed by atoms with Crippen LogP contribution in [0.4, 0.5) is 0 Å². The molecule has 4 amide bonds. The number of pyridine rings is 2. The van der Waals surface area contributed by atoms with E-state index in [-0.39, 0.29) is 60.7 Å². The lowest BCUT2D eigenvalue weighted by molar-refractivity contribution is -0.727. The second-order valence-electron chi connectivity index (χ2n) is 7.45. The maximum Gasteiger partial charge on any atom is 0.253 e. The molecule has 32 heavy (non-hydrogen) atoms. The van der Waals surface area contributed by atoms with Gasteiger partial charge in [-0.3, -0.25) is 29.0 Å². The van der Waals surface area contributed by atoms with Gasteiger partial charge in [-0.2, -0.15) is 0 Å². The molecule has 2 aliphatic rings. The first-order chi connectivity index (χ1) is 15.0. The minimum Gasteiger partial charge on any atom is -1.00 e. The zero-order chi connectivity index (χ0) is 21.8. The van der Waals surface area contributed by atoms with Crippen molar-refractivity contribution in [1.82, 2.24) is 9.80 Å². The predicted octanol–water partition coefficient (Wildman–Crippen LogP) is -2.79. The van der Waals surface area contributed by atoms with Crippen molar-refractivity contribution in [2.45, 2.75) is 32.6 Å². The summed E-state index contributed by atoms with van der Waals surface area (Å²) in [6, 6.07) is 7.59. The molecule has 164 valence electrons. The average molecular weight is 545 g/mol. The number of halogens is 1. The van der Waals surface area contributed by atoms with Crippen molar-refractivity contribution >= 4 is 23.6 Å². The lowest BCUT2D eigenvalue weighted by Gasteiger charge is -2.12. The molecule has 0 aromatic carbocycles. The van der Waals surface area contributed by atoms with Gasteiger partial charge in [0.25, 0.3) is 23.6 Å². The largest absolute Gasteiger partial charge is 1.00 e. The number of nitrogens with zero attached hydrogens (tertiary/aromatic N) is 4. The highest BCUT2D eigenvalue weighted by Gasteiger charge is 2.25. The van der Waals surface area contributed by atoms with Crippen molar-refractivity contribution in [3.63, 3.8) is 0 Å². The van der Waals surface area contributed by atoms with E-state index >= 15 is 0 Å². The first kappa shape index (κ1) is 23.5. The Hall–Kier alpha value is -3.21. The Morgan fingerprint density at radius 1 is 0.625 bits per heavy atom. The zero-order valence-corrected chi connectivity index (χ0v) is 19.4. The molecule has 0 fully saturated rings. The number of hydrogen-bond acceptors (Lipinski definition) is 4. The average Bonchev–Trinajstić information content (AvgIpc) is 3.25. The van der Waals surface area contributed by atoms with Crippen LogP contribution < -0.4 is 33.1 Å². The van der Waals surface area contributed by atoms with Crippen molar-refractivity contribution < 1.29 is 52.3 Å². The van der Waals surface area contributed by atoms with Crippen molar-refractivity contribution in [1.29, 1.82) is 0 Å². The summed E-state index contributed by atoms with van der Waals surface area (Å²) in [5.74, 6) is -1.15. The Morgan fingerprint density at radius 3 is 1.38 bits per heavy atom. The number of amides is 4. The molecule has 0 N–H and O–H groups in total. The third-order valence-corrected chi connectivity index (χ3v) is 5.15. The van der Waals surface area contributed by atoms with Gasteiger partial charge in [-0.25, -0.2) is 9.13 Å². The van der Waals surface area contributed by atoms with Crippen molar-refractivity contribution in [2.24, 2.45) is 0 Å². The van der Waals surface area contributed by atoms with E-state index in [0.29, 0.717) is 0 Å². The minimum atomic E-state index is -0.287. The number of aryl methyl sites for hydroxylation is 2. The van der Waals surface area contributed by atoms with Crippen LogP contribution in [-0.4, -0.2) is 33.4 Å². The standard InChI is InChI=1S/C23H22N4O4.HI/c28-20-6-7-21(29)26(20)16-18-4-1-10-24(14-18)12-3-13-25-11-2-5-19(15-25)17-27-22(30)8-9-23(27)31;/h1-2,4-11,14-15H,3,12-13,16-17H2;1H/q+2;/p-1. The number of aromatic nitrogens is 2. The van der Waals surface area contributed by atoms with Crippen LogP contribution in [0.3, 0.4) is 0 Å². The number of hydrogen-bond donors (Lipinski definition) is 0. The first-order valence-electron chi connectivity index (χ1n) is 10.0. The molecule has 4 rings (SSSR count). The molecule has 4 heterocycles. The normalized spacial score (nSPS) is 15.1. The summed E-state index contributed by atoms with van der Waals surface area (Å²) in [6.45, 7) is 2.03. The molecule has 0 atom stereocenters. The maximum absolute atomic E-state index is 11.7. The third kappa shape index (κ3) is 5.52. The Balaban J connectivity index is 0.00000289. The van der Waals surface area contributed by atoms with Gasteiger partial charge in [-0.1, -0.05) is 0 Å². The topological polar surface area (TPSA) is 82.5 Å². The van der Waals surface area contributed by atoms with Crippen molar-refractivity contribution in [2.75, 3.05) is 0 Å². The maximum atomic E-state index is 11.7. The van der Waals surface area contributed by atoms with E-state index in [1.165, 1.54) is 34.1 Å². The number of carbonyl (C=O) groups excluding carboxylic acids is 4. The van der Waals surface area contributed by atoms with Gasteiger partial charge in [0.15, 0.2) is 37.9 Å². The molecule has 0 saturated heterocycles. The molecule has 8 nitrogen and oxygen atoms in total. The summed E-state index contributed by atoms with van der Waals surface area (Å²) in [5, 5.41) is 0. The Bertz CT molecular complexity index is 1000. The Morgan fingerprint density at radius 2 is 1.00 bits per heavy atom. The number of imide groups is 2. The lowest BCUT2D eigenvalue weighted by atomic mass is 10.2. The molecule has 0 unspecified atom stereocenters. The van der Waals surface area contributed by atoms with Crippen LogP contribution in [0.2, 0.25) is 0 Å². The number of carbonyl (C=O) groups is 4. The van der Waals surface area contributed by atoms with Crippen LogP contribution in [0.15, 0.2) is 73.4 Å². The summed E-state index contributed by atoms with van der Waals surface area (Å²) in [6.07, 6.45) is 13.8. The van der Waals surface area contributed by atoms with Gasteiger partial charge in [0, 0.05) is 47.6 Å². The summed E-state index contributed by atoms with van der Waals surface area (Å²) >= 11 is 0. The molecule has 0 spiro atoms. The van der Waals surface area contributed by atoms with E-state index in [2.05, 4.69) is 0 Å². The van der Waals surface area contributed by atoms with E-state index in [0.717, 1.165) is 30.6 Å². The Kier molecular flexibility index (Phi) is 7.62. The fraction of sp³-hybridized carbons (Fsp3) is 0.217. The third-order valence-electron chi connectivity index (χ3n) is 5.15. The van der Waals surface area contributed by atoms with Crippen LogP contribution >= 0.6 is 0 Å².